The molecular formula is C22H21N3O4. The summed E-state index contributed by atoms with van der Waals surface area (Å²) in [7, 11) is 0. The zero-order valence-electron chi connectivity index (χ0n) is 16.1. The zero-order chi connectivity index (χ0) is 20.9. The van der Waals surface area contributed by atoms with Crippen LogP contribution >= 0.6 is 0 Å². The van der Waals surface area contributed by atoms with Crippen LogP contribution in [0.4, 0.5) is 5.69 Å². The predicted molar refractivity (Wildman–Crippen MR) is 107 cm³/mol. The van der Waals surface area contributed by atoms with Crippen LogP contribution in [-0.4, -0.2) is 45.7 Å². The molecule has 2 aliphatic rings. The van der Waals surface area contributed by atoms with Crippen LogP contribution in [0.25, 0.3) is 10.8 Å². The summed E-state index contributed by atoms with van der Waals surface area (Å²) in [5.41, 5.74) is 2.00. The van der Waals surface area contributed by atoms with Gasteiger partial charge in [0.25, 0.3) is 0 Å². The molecule has 148 valence electrons. The highest BCUT2D eigenvalue weighted by atomic mass is 16.4. The molecule has 2 aromatic rings. The number of nitrogens with zero attached hydrogens (tertiary/aromatic N) is 2. The first-order chi connectivity index (χ1) is 13.9. The summed E-state index contributed by atoms with van der Waals surface area (Å²) in [5, 5.41) is 34.0. The van der Waals surface area contributed by atoms with Crippen LogP contribution in [0.15, 0.2) is 47.7 Å². The van der Waals surface area contributed by atoms with Gasteiger partial charge in [-0.25, -0.2) is 4.79 Å². The molecule has 0 aliphatic carbocycles. The third-order valence-corrected chi connectivity index (χ3v) is 6.03. The molecule has 4 rings (SSSR count). The van der Waals surface area contributed by atoms with Crippen molar-refractivity contribution in [1.29, 1.82) is 5.26 Å². The maximum atomic E-state index is 12.4. The van der Waals surface area contributed by atoms with E-state index in [4.69, 9.17) is 0 Å². The Bertz CT molecular complexity index is 1100. The quantitative estimate of drug-likeness (QED) is 0.674. The van der Waals surface area contributed by atoms with Crippen LogP contribution in [0.2, 0.25) is 0 Å². The molecule has 1 amide bonds. The topological polar surface area (TPSA) is 114 Å². The number of aliphatic hydroxyl groups is 1. The van der Waals surface area contributed by atoms with Crippen LogP contribution in [0, 0.1) is 23.2 Å². The molecular weight excluding hydrogens is 370 g/mol. The fourth-order valence-corrected chi connectivity index (χ4v) is 4.62. The van der Waals surface area contributed by atoms with Gasteiger partial charge in [0.05, 0.1) is 29.7 Å². The number of carbonyl (C=O) groups is 2. The Labute approximate surface area is 167 Å². The van der Waals surface area contributed by atoms with Crippen LogP contribution < -0.4 is 5.32 Å². The number of fused-ring (bicyclic) bond motifs is 2. The van der Waals surface area contributed by atoms with Gasteiger partial charge >= 0.3 is 5.97 Å². The number of aliphatic carboxylic acids is 1. The second kappa shape index (κ2) is 6.90. The average Bonchev–Trinajstić information content (AvgIpc) is 2.94. The Hall–Kier alpha value is -3.37. The van der Waals surface area contributed by atoms with Crippen LogP contribution in [0.1, 0.15) is 19.4 Å². The second-order valence-corrected chi connectivity index (χ2v) is 7.60. The van der Waals surface area contributed by atoms with Crippen molar-refractivity contribution in [2.24, 2.45) is 11.8 Å². The maximum absolute atomic E-state index is 12.4. The van der Waals surface area contributed by atoms with E-state index in [1.807, 2.05) is 31.2 Å². The van der Waals surface area contributed by atoms with E-state index in [0.717, 1.165) is 16.5 Å². The number of rotatable bonds is 5. The summed E-state index contributed by atoms with van der Waals surface area (Å²) in [5.74, 6) is -2.24. The summed E-state index contributed by atoms with van der Waals surface area (Å²) >= 11 is 0. The minimum Gasteiger partial charge on any atom is -0.477 e. The van der Waals surface area contributed by atoms with Crippen molar-refractivity contribution in [2.45, 2.75) is 26.0 Å². The fraction of sp³-hybridized carbons (Fsp3) is 0.318. The normalized spacial score (nSPS) is 24.1. The lowest BCUT2D eigenvalue weighted by atomic mass is 9.78. The summed E-state index contributed by atoms with van der Waals surface area (Å²) in [4.78, 5) is 25.6. The maximum Gasteiger partial charge on any atom is 0.352 e. The van der Waals surface area contributed by atoms with E-state index >= 15 is 0 Å². The molecule has 0 spiro atoms. The van der Waals surface area contributed by atoms with Crippen LogP contribution in [0.3, 0.4) is 0 Å². The molecule has 2 aliphatic heterocycles. The Morgan fingerprint density at radius 1 is 1.28 bits per heavy atom. The lowest BCUT2D eigenvalue weighted by molar-refractivity contribution is -0.163. The molecule has 2 aromatic carbocycles. The van der Waals surface area contributed by atoms with Crippen molar-refractivity contribution >= 4 is 28.3 Å². The largest absolute Gasteiger partial charge is 0.477 e. The van der Waals surface area contributed by atoms with E-state index < -0.39 is 18.0 Å². The molecule has 2 heterocycles. The van der Waals surface area contributed by atoms with E-state index in [1.165, 1.54) is 4.90 Å². The summed E-state index contributed by atoms with van der Waals surface area (Å²) in [6.07, 6.45) is -0.823. The number of β-lactam (4-membered cyclic amide) rings is 1. The molecule has 1 saturated heterocycles. The lowest BCUT2D eigenvalue weighted by Crippen LogP contribution is -2.63. The van der Waals surface area contributed by atoms with Gasteiger partial charge in [0.1, 0.15) is 5.70 Å². The van der Waals surface area contributed by atoms with Crippen molar-refractivity contribution in [3.63, 3.8) is 0 Å². The number of carbonyl (C=O) groups excluding carboxylic acids is 1. The Balaban J connectivity index is 1.67. The van der Waals surface area contributed by atoms with Crippen molar-refractivity contribution < 1.29 is 19.8 Å². The average molecular weight is 391 g/mol. The summed E-state index contributed by atoms with van der Waals surface area (Å²) < 4.78 is 0. The van der Waals surface area contributed by atoms with Gasteiger partial charge in [0.15, 0.2) is 0 Å². The molecule has 0 saturated carbocycles. The number of nitrogens with one attached hydrogen (secondary N) is 1. The van der Waals surface area contributed by atoms with Crippen molar-refractivity contribution in [2.75, 3.05) is 11.9 Å². The zero-order valence-corrected chi connectivity index (χ0v) is 16.1. The van der Waals surface area contributed by atoms with Gasteiger partial charge in [-0.1, -0.05) is 31.2 Å². The lowest BCUT2D eigenvalue weighted by Gasteiger charge is -2.46. The van der Waals surface area contributed by atoms with E-state index in [1.54, 1.807) is 19.1 Å². The second-order valence-electron chi connectivity index (χ2n) is 7.60. The van der Waals surface area contributed by atoms with Crippen LogP contribution in [0.5, 0.6) is 0 Å². The number of amides is 1. The van der Waals surface area contributed by atoms with Gasteiger partial charge in [0.2, 0.25) is 5.91 Å². The molecule has 4 atom stereocenters. The first-order valence-corrected chi connectivity index (χ1v) is 9.50. The molecule has 1 fully saturated rings. The summed E-state index contributed by atoms with van der Waals surface area (Å²) in [6, 6.07) is 12.9. The number of aliphatic hydroxyl groups excluding tert-OH is 1. The summed E-state index contributed by atoms with van der Waals surface area (Å²) in [6.45, 7) is 3.71. The van der Waals surface area contributed by atoms with Gasteiger partial charge in [-0.3, -0.25) is 4.79 Å². The fourth-order valence-electron chi connectivity index (χ4n) is 4.62. The van der Waals surface area contributed by atoms with E-state index in [-0.39, 0.29) is 30.1 Å². The minimum absolute atomic E-state index is 0.00912. The molecule has 3 N–H and O–H groups in total. The molecule has 1 unspecified atom stereocenters. The molecule has 29 heavy (non-hydrogen) atoms. The number of carboxylic acids is 1. The number of hydrogen-bond acceptors (Lipinski definition) is 5. The number of nitriles is 1. The highest BCUT2D eigenvalue weighted by Crippen LogP contribution is 2.47. The smallest absolute Gasteiger partial charge is 0.352 e. The van der Waals surface area contributed by atoms with Crippen molar-refractivity contribution in [1.82, 2.24) is 4.90 Å². The monoisotopic (exact) mass is 391 g/mol. The van der Waals surface area contributed by atoms with Crippen LogP contribution in [-0.2, 0) is 9.59 Å². The predicted octanol–water partition coefficient (Wildman–Crippen LogP) is 2.32. The van der Waals surface area contributed by atoms with E-state index in [0.29, 0.717) is 11.1 Å². The minimum atomic E-state index is -1.14. The number of anilines is 1. The van der Waals surface area contributed by atoms with Gasteiger partial charge in [0, 0.05) is 28.9 Å². The molecule has 0 radical (unpaired) electrons. The third kappa shape index (κ3) is 2.76. The highest BCUT2D eigenvalue weighted by molar-refractivity contribution is 6.00. The number of carboxylic acid groups (broad SMARTS) is 1. The Morgan fingerprint density at radius 3 is 2.59 bits per heavy atom. The van der Waals surface area contributed by atoms with Gasteiger partial charge < -0.3 is 20.4 Å². The van der Waals surface area contributed by atoms with E-state index in [2.05, 4.69) is 11.4 Å². The standard InChI is InChI=1S/C22H21N3O4/c1-11-16(20(22(28)29)25-19(11)18(12(2)26)21(25)27)10-24-17-8-7-13(9-23)14-5-3-4-6-15(14)17/h3-8,11-12,18-19,24,26H,10H2,1-2H3,(H,28,29)/t11-,12+,18+,19?/m0/s1. The molecule has 7 heteroatoms. The number of hydrogen-bond donors (Lipinski definition) is 3. The molecule has 0 aromatic heterocycles. The van der Waals surface area contributed by atoms with E-state index in [9.17, 15) is 25.1 Å². The Morgan fingerprint density at radius 2 is 1.97 bits per heavy atom. The SMILES string of the molecule is C[C@H]1C(CNc2ccc(C#N)c3ccccc23)=C(C(=O)O)N2C(=O)[C@H]([C@@H](C)O)C12. The van der Waals surface area contributed by atoms with Crippen molar-refractivity contribution in [3.8, 4) is 6.07 Å². The first-order valence-electron chi connectivity index (χ1n) is 9.50. The van der Waals surface area contributed by atoms with Gasteiger partial charge in [-0.05, 0) is 24.6 Å². The first kappa shape index (κ1) is 19.0. The third-order valence-electron chi connectivity index (χ3n) is 6.03. The number of benzene rings is 2. The van der Waals surface area contributed by atoms with Gasteiger partial charge in [-0.2, -0.15) is 5.26 Å². The van der Waals surface area contributed by atoms with Gasteiger partial charge in [-0.15, -0.1) is 0 Å². The Kier molecular flexibility index (Phi) is 4.52. The molecule has 0 bridgehead atoms. The highest BCUT2D eigenvalue weighted by Gasteiger charge is 2.59. The molecule has 7 nitrogen and oxygen atoms in total. The van der Waals surface area contributed by atoms with Crippen molar-refractivity contribution in [3.05, 3.63) is 53.2 Å².